The van der Waals surface area contributed by atoms with Gasteiger partial charge in [-0.2, -0.15) is 0 Å². The molecule has 5 rings (SSSR count). The molecule has 0 spiro atoms. The Morgan fingerprint density at radius 3 is 2.25 bits per heavy atom. The molecule has 0 aliphatic heterocycles. The molecule has 0 aliphatic rings. The summed E-state index contributed by atoms with van der Waals surface area (Å²) in [6, 6.07) is 27.1. The molecular weight excluding hydrogens is 420 g/mol. The third-order valence-electron chi connectivity index (χ3n) is 5.50. The fourth-order valence-electron chi connectivity index (χ4n) is 3.93. The van der Waals surface area contributed by atoms with Crippen molar-refractivity contribution in [1.82, 2.24) is 10.2 Å². The van der Waals surface area contributed by atoms with E-state index < -0.39 is 10.0 Å². The van der Waals surface area contributed by atoms with E-state index in [-0.39, 0.29) is 4.90 Å². The highest BCUT2D eigenvalue weighted by atomic mass is 32.2. The molecule has 0 atom stereocenters. The summed E-state index contributed by atoms with van der Waals surface area (Å²) in [5.41, 5.74) is 2.75. The molecule has 7 heteroatoms. The third-order valence-corrected chi connectivity index (χ3v) is 6.55. The average molecular weight is 441 g/mol. The van der Waals surface area contributed by atoms with Crippen LogP contribution in [0.2, 0.25) is 0 Å². The van der Waals surface area contributed by atoms with Crippen LogP contribution in [0.15, 0.2) is 89.8 Å². The van der Waals surface area contributed by atoms with Gasteiger partial charge in [-0.25, -0.2) is 13.6 Å². The molecule has 1 aromatic heterocycles. The number of anilines is 2. The van der Waals surface area contributed by atoms with Gasteiger partial charge in [0.25, 0.3) is 0 Å². The summed E-state index contributed by atoms with van der Waals surface area (Å²) >= 11 is 0. The predicted octanol–water partition coefficient (Wildman–Crippen LogP) is 5.15. The SMILES string of the molecule is Cc1ccc(-c2nnc(Nc3cccc4ccccc34)c3ccccc23)cc1S(N)(=O)=O. The Balaban J connectivity index is 1.66. The molecule has 5 aromatic rings. The molecule has 4 aromatic carbocycles. The lowest BCUT2D eigenvalue weighted by molar-refractivity contribution is 0.597. The minimum Gasteiger partial charge on any atom is -0.338 e. The van der Waals surface area contributed by atoms with Crippen LogP contribution in [-0.4, -0.2) is 18.6 Å². The van der Waals surface area contributed by atoms with Crippen molar-refractivity contribution in [1.29, 1.82) is 0 Å². The van der Waals surface area contributed by atoms with Crippen molar-refractivity contribution in [2.45, 2.75) is 11.8 Å². The third kappa shape index (κ3) is 3.57. The largest absolute Gasteiger partial charge is 0.338 e. The summed E-state index contributed by atoms with van der Waals surface area (Å²) in [4.78, 5) is 0.0823. The van der Waals surface area contributed by atoms with E-state index in [1.54, 1.807) is 19.1 Å². The van der Waals surface area contributed by atoms with Crippen LogP contribution in [0.25, 0.3) is 32.8 Å². The topological polar surface area (TPSA) is 98.0 Å². The minimum atomic E-state index is -3.85. The molecule has 0 unspecified atom stereocenters. The number of benzene rings is 4. The Labute approximate surface area is 185 Å². The number of sulfonamides is 1. The summed E-state index contributed by atoms with van der Waals surface area (Å²) in [7, 11) is -3.85. The Kier molecular flexibility index (Phi) is 4.84. The Bertz CT molecular complexity index is 1590. The lowest BCUT2D eigenvalue weighted by Crippen LogP contribution is -2.13. The first-order chi connectivity index (χ1) is 15.4. The average Bonchev–Trinajstić information content (AvgIpc) is 2.79. The lowest BCUT2D eigenvalue weighted by atomic mass is 10.0. The van der Waals surface area contributed by atoms with E-state index >= 15 is 0 Å². The molecule has 0 saturated heterocycles. The van der Waals surface area contributed by atoms with Crippen LogP contribution in [0.1, 0.15) is 5.56 Å². The zero-order valence-corrected chi connectivity index (χ0v) is 18.1. The van der Waals surface area contributed by atoms with Crippen LogP contribution in [0.5, 0.6) is 0 Å². The van der Waals surface area contributed by atoms with E-state index in [1.807, 2.05) is 54.6 Å². The van der Waals surface area contributed by atoms with Gasteiger partial charge in [0.2, 0.25) is 10.0 Å². The minimum absolute atomic E-state index is 0.0823. The molecule has 0 fully saturated rings. The highest BCUT2D eigenvalue weighted by Gasteiger charge is 2.16. The number of nitrogens with one attached hydrogen (secondary N) is 1. The summed E-state index contributed by atoms with van der Waals surface area (Å²) < 4.78 is 24.0. The molecule has 6 nitrogen and oxygen atoms in total. The van der Waals surface area contributed by atoms with Crippen molar-refractivity contribution in [3.63, 3.8) is 0 Å². The number of aryl methyl sites for hydroxylation is 1. The van der Waals surface area contributed by atoms with E-state index in [9.17, 15) is 8.42 Å². The van der Waals surface area contributed by atoms with Crippen LogP contribution in [0, 0.1) is 6.92 Å². The Morgan fingerprint density at radius 2 is 1.47 bits per heavy atom. The van der Waals surface area contributed by atoms with Crippen LogP contribution < -0.4 is 10.5 Å². The number of primary sulfonamides is 1. The van der Waals surface area contributed by atoms with Gasteiger partial charge in [-0.15, -0.1) is 10.2 Å². The number of nitrogens with two attached hydrogens (primary N) is 1. The number of hydrogen-bond acceptors (Lipinski definition) is 5. The zero-order chi connectivity index (χ0) is 22.3. The van der Waals surface area contributed by atoms with Gasteiger partial charge >= 0.3 is 0 Å². The Hall–Kier alpha value is -3.81. The number of fused-ring (bicyclic) bond motifs is 2. The van der Waals surface area contributed by atoms with Gasteiger partial charge in [-0.05, 0) is 30.0 Å². The normalized spacial score (nSPS) is 11.7. The van der Waals surface area contributed by atoms with Gasteiger partial charge in [0.1, 0.15) is 5.69 Å². The van der Waals surface area contributed by atoms with Gasteiger partial charge in [0.15, 0.2) is 5.82 Å². The van der Waals surface area contributed by atoms with Gasteiger partial charge in [0.05, 0.1) is 4.90 Å². The summed E-state index contributed by atoms with van der Waals surface area (Å²) in [5.74, 6) is 0.625. The number of rotatable bonds is 4. The molecule has 0 aliphatic carbocycles. The second kappa shape index (κ2) is 7.71. The second-order valence-corrected chi connectivity index (χ2v) is 9.15. The van der Waals surface area contributed by atoms with Gasteiger partial charge in [-0.3, -0.25) is 0 Å². The van der Waals surface area contributed by atoms with Crippen molar-refractivity contribution >= 4 is 43.1 Å². The van der Waals surface area contributed by atoms with Crippen LogP contribution in [0.3, 0.4) is 0 Å². The van der Waals surface area contributed by atoms with Gasteiger partial charge in [-0.1, -0.05) is 72.8 Å². The second-order valence-electron chi connectivity index (χ2n) is 7.62. The maximum Gasteiger partial charge on any atom is 0.238 e. The fraction of sp³-hybridized carbons (Fsp3) is 0.0400. The van der Waals surface area contributed by atoms with Crippen molar-refractivity contribution in [3.05, 3.63) is 90.5 Å². The molecule has 0 amide bonds. The van der Waals surface area contributed by atoms with Crippen LogP contribution >= 0.6 is 0 Å². The number of nitrogens with zero attached hydrogens (tertiary/aromatic N) is 2. The maximum atomic E-state index is 12.0. The summed E-state index contributed by atoms with van der Waals surface area (Å²) in [5, 5.41) is 21.7. The molecule has 0 radical (unpaired) electrons. The van der Waals surface area contributed by atoms with Gasteiger partial charge < -0.3 is 5.32 Å². The molecule has 3 N–H and O–H groups in total. The first-order valence-electron chi connectivity index (χ1n) is 10.1. The molecule has 0 bridgehead atoms. The number of hydrogen-bond donors (Lipinski definition) is 2. The van der Waals surface area contributed by atoms with Crippen molar-refractivity contribution in [2.75, 3.05) is 5.32 Å². The standard InChI is InChI=1S/C25H20N4O2S/c1-16-13-14-18(15-23(16)32(26,30)31)24-20-10-4-5-11-21(20)25(29-28-24)27-22-12-6-8-17-7-2-3-9-19(17)22/h2-15H,1H3,(H,27,29)(H2,26,30,31). The number of aromatic nitrogens is 2. The van der Waals surface area contributed by atoms with Crippen molar-refractivity contribution in [2.24, 2.45) is 5.14 Å². The zero-order valence-electron chi connectivity index (χ0n) is 17.3. The molecule has 0 saturated carbocycles. The highest BCUT2D eigenvalue weighted by Crippen LogP contribution is 2.34. The van der Waals surface area contributed by atoms with E-state index in [2.05, 4.69) is 33.7 Å². The quantitative estimate of drug-likeness (QED) is 0.403. The fourth-order valence-corrected chi connectivity index (χ4v) is 4.73. The maximum absolute atomic E-state index is 12.0. The predicted molar refractivity (Wildman–Crippen MR) is 128 cm³/mol. The molecule has 158 valence electrons. The Morgan fingerprint density at radius 1 is 0.781 bits per heavy atom. The molecule has 32 heavy (non-hydrogen) atoms. The molecule has 1 heterocycles. The highest BCUT2D eigenvalue weighted by molar-refractivity contribution is 7.89. The summed E-state index contributed by atoms with van der Waals surface area (Å²) in [6.07, 6.45) is 0. The first-order valence-corrected chi connectivity index (χ1v) is 11.6. The van der Waals surface area contributed by atoms with E-state index in [0.717, 1.165) is 27.2 Å². The smallest absolute Gasteiger partial charge is 0.238 e. The molecular formula is C25H20N4O2S. The van der Waals surface area contributed by atoms with E-state index in [1.165, 1.54) is 0 Å². The van der Waals surface area contributed by atoms with Gasteiger partial charge in [0, 0.05) is 27.4 Å². The van der Waals surface area contributed by atoms with E-state index in [0.29, 0.717) is 22.6 Å². The lowest BCUT2D eigenvalue weighted by Gasteiger charge is -2.13. The van der Waals surface area contributed by atoms with Crippen LogP contribution in [0.4, 0.5) is 11.5 Å². The van der Waals surface area contributed by atoms with Crippen LogP contribution in [-0.2, 0) is 10.0 Å². The van der Waals surface area contributed by atoms with Crippen molar-refractivity contribution in [3.8, 4) is 11.3 Å². The monoisotopic (exact) mass is 440 g/mol. The first kappa shape index (κ1) is 20.1. The van der Waals surface area contributed by atoms with Crippen molar-refractivity contribution < 1.29 is 8.42 Å². The summed E-state index contributed by atoms with van der Waals surface area (Å²) in [6.45, 7) is 1.71. The van der Waals surface area contributed by atoms with E-state index in [4.69, 9.17) is 5.14 Å².